The molecule has 0 unspecified atom stereocenters. The molecule has 3 heterocycles. The first-order valence-electron chi connectivity index (χ1n) is 9.62. The van der Waals surface area contributed by atoms with Crippen LogP contribution in [0.3, 0.4) is 0 Å². The van der Waals surface area contributed by atoms with Crippen LogP contribution < -0.4 is 4.74 Å². The SMILES string of the molecule is Cc1nccc(CN2CCC(Oc3cccc4c3ccn4CC(F)F)CC2)n1. The second-order valence-electron chi connectivity index (χ2n) is 7.24. The number of halogens is 2. The number of piperidine rings is 1. The summed E-state index contributed by atoms with van der Waals surface area (Å²) in [5.74, 6) is 1.57. The molecule has 0 saturated carbocycles. The normalized spacial score (nSPS) is 16.1. The summed E-state index contributed by atoms with van der Waals surface area (Å²) >= 11 is 0. The van der Waals surface area contributed by atoms with E-state index in [2.05, 4.69) is 14.9 Å². The van der Waals surface area contributed by atoms with E-state index in [1.54, 1.807) is 17.0 Å². The lowest BCUT2D eigenvalue weighted by atomic mass is 10.1. The Hall–Kier alpha value is -2.54. The van der Waals surface area contributed by atoms with Crippen LogP contribution in [-0.4, -0.2) is 45.1 Å². The average Bonchev–Trinajstić information content (AvgIpc) is 3.07. The molecule has 1 aromatic carbocycles. The second-order valence-corrected chi connectivity index (χ2v) is 7.24. The zero-order valence-corrected chi connectivity index (χ0v) is 15.9. The Labute approximate surface area is 163 Å². The zero-order valence-electron chi connectivity index (χ0n) is 15.9. The first-order valence-corrected chi connectivity index (χ1v) is 9.62. The monoisotopic (exact) mass is 386 g/mol. The predicted octanol–water partition coefficient (Wildman–Crippen LogP) is 4.05. The van der Waals surface area contributed by atoms with Crippen molar-refractivity contribution in [2.75, 3.05) is 13.1 Å². The highest BCUT2D eigenvalue weighted by Gasteiger charge is 2.22. The average molecular weight is 386 g/mol. The van der Waals surface area contributed by atoms with Crippen molar-refractivity contribution in [3.63, 3.8) is 0 Å². The zero-order chi connectivity index (χ0) is 19.5. The van der Waals surface area contributed by atoms with Crippen molar-refractivity contribution in [1.82, 2.24) is 19.4 Å². The second kappa shape index (κ2) is 8.22. The van der Waals surface area contributed by atoms with Gasteiger partial charge in [0.1, 0.15) is 17.7 Å². The molecule has 2 aromatic heterocycles. The summed E-state index contributed by atoms with van der Waals surface area (Å²) in [5, 5.41) is 0.891. The summed E-state index contributed by atoms with van der Waals surface area (Å²) in [7, 11) is 0. The molecule has 1 aliphatic heterocycles. The largest absolute Gasteiger partial charge is 0.490 e. The van der Waals surface area contributed by atoms with Crippen LogP contribution in [0.5, 0.6) is 5.75 Å². The molecule has 0 radical (unpaired) electrons. The van der Waals surface area contributed by atoms with Gasteiger partial charge in [-0.15, -0.1) is 0 Å². The molecule has 0 atom stereocenters. The van der Waals surface area contributed by atoms with Crippen LogP contribution in [0.25, 0.3) is 10.9 Å². The number of aromatic nitrogens is 3. The van der Waals surface area contributed by atoms with Gasteiger partial charge < -0.3 is 9.30 Å². The van der Waals surface area contributed by atoms with E-state index in [4.69, 9.17) is 4.74 Å². The van der Waals surface area contributed by atoms with E-state index in [0.29, 0.717) is 0 Å². The number of hydrogen-bond donors (Lipinski definition) is 0. The number of hydrogen-bond acceptors (Lipinski definition) is 4. The number of likely N-dealkylation sites (tertiary alicyclic amines) is 1. The van der Waals surface area contributed by atoms with Crippen molar-refractivity contribution >= 4 is 10.9 Å². The third-order valence-electron chi connectivity index (χ3n) is 5.16. The number of rotatable bonds is 6. The topological polar surface area (TPSA) is 43.2 Å². The van der Waals surface area contributed by atoms with Gasteiger partial charge in [-0.25, -0.2) is 18.7 Å². The molecular weight excluding hydrogens is 362 g/mol. The van der Waals surface area contributed by atoms with Crippen LogP contribution in [-0.2, 0) is 13.1 Å². The van der Waals surface area contributed by atoms with Gasteiger partial charge in [0.05, 0.1) is 17.8 Å². The molecule has 1 fully saturated rings. The Morgan fingerprint density at radius 1 is 1.18 bits per heavy atom. The fraction of sp³-hybridized carbons (Fsp3) is 0.429. The lowest BCUT2D eigenvalue weighted by Gasteiger charge is -2.32. The molecule has 3 aromatic rings. The molecule has 0 amide bonds. The van der Waals surface area contributed by atoms with Gasteiger partial charge >= 0.3 is 0 Å². The van der Waals surface area contributed by atoms with Crippen LogP contribution in [0.15, 0.2) is 42.7 Å². The molecule has 0 aliphatic carbocycles. The van der Waals surface area contributed by atoms with Crippen LogP contribution in [0, 0.1) is 6.92 Å². The smallest absolute Gasteiger partial charge is 0.256 e. The summed E-state index contributed by atoms with van der Waals surface area (Å²) in [5.41, 5.74) is 1.83. The standard InChI is InChI=1S/C21H24F2N4O/c1-15-24-9-5-16(25-15)13-26-10-6-17(7-11-26)28-20-4-2-3-19-18(20)8-12-27(19)14-21(22)23/h2-5,8-9,12,17,21H,6-7,10-11,13-14H2,1H3. The van der Waals surface area contributed by atoms with E-state index in [1.807, 2.05) is 37.3 Å². The third-order valence-corrected chi connectivity index (χ3v) is 5.16. The lowest BCUT2D eigenvalue weighted by molar-refractivity contribution is 0.0972. The van der Waals surface area contributed by atoms with Crippen LogP contribution in [0.1, 0.15) is 24.4 Å². The molecule has 1 aliphatic rings. The Morgan fingerprint density at radius 3 is 2.75 bits per heavy atom. The Balaban J connectivity index is 1.38. The maximum absolute atomic E-state index is 12.7. The third kappa shape index (κ3) is 4.30. The van der Waals surface area contributed by atoms with E-state index in [1.165, 1.54) is 0 Å². The summed E-state index contributed by atoms with van der Waals surface area (Å²) in [6.45, 7) is 4.31. The molecule has 28 heavy (non-hydrogen) atoms. The lowest BCUT2D eigenvalue weighted by Crippen LogP contribution is -2.38. The van der Waals surface area contributed by atoms with Crippen molar-refractivity contribution in [3.8, 4) is 5.75 Å². The first-order chi connectivity index (χ1) is 13.6. The highest BCUT2D eigenvalue weighted by atomic mass is 19.3. The molecule has 7 heteroatoms. The minimum atomic E-state index is -2.37. The van der Waals surface area contributed by atoms with Gasteiger partial charge in [-0.1, -0.05) is 6.07 Å². The summed E-state index contributed by atoms with van der Waals surface area (Å²) in [6.07, 6.45) is 3.12. The number of alkyl halides is 2. The molecule has 0 spiro atoms. The number of nitrogens with zero attached hydrogens (tertiary/aromatic N) is 4. The maximum Gasteiger partial charge on any atom is 0.256 e. The van der Waals surface area contributed by atoms with Gasteiger partial charge in [-0.3, -0.25) is 4.90 Å². The van der Waals surface area contributed by atoms with E-state index >= 15 is 0 Å². The fourth-order valence-electron chi connectivity index (χ4n) is 3.79. The van der Waals surface area contributed by atoms with Crippen molar-refractivity contribution in [3.05, 3.63) is 54.2 Å². The molecule has 0 bridgehead atoms. The number of ether oxygens (including phenoxy) is 1. The Morgan fingerprint density at radius 2 is 2.00 bits per heavy atom. The number of aryl methyl sites for hydroxylation is 1. The highest BCUT2D eigenvalue weighted by Crippen LogP contribution is 2.29. The van der Waals surface area contributed by atoms with Gasteiger partial charge in [0.25, 0.3) is 6.43 Å². The minimum Gasteiger partial charge on any atom is -0.490 e. The van der Waals surface area contributed by atoms with Crippen LogP contribution in [0.2, 0.25) is 0 Å². The van der Waals surface area contributed by atoms with Gasteiger partial charge in [-0.05, 0) is 44.0 Å². The van der Waals surface area contributed by atoms with Crippen LogP contribution >= 0.6 is 0 Å². The summed E-state index contributed by atoms with van der Waals surface area (Å²) in [4.78, 5) is 11.0. The van der Waals surface area contributed by atoms with E-state index in [9.17, 15) is 8.78 Å². The number of benzene rings is 1. The Kier molecular flexibility index (Phi) is 5.52. The van der Waals surface area contributed by atoms with Gasteiger partial charge in [0.2, 0.25) is 0 Å². The minimum absolute atomic E-state index is 0.132. The van der Waals surface area contributed by atoms with E-state index in [-0.39, 0.29) is 12.6 Å². The first kappa shape index (κ1) is 18.8. The molecule has 5 nitrogen and oxygen atoms in total. The van der Waals surface area contributed by atoms with Crippen molar-refractivity contribution in [2.45, 2.75) is 45.4 Å². The predicted molar refractivity (Wildman–Crippen MR) is 104 cm³/mol. The van der Waals surface area contributed by atoms with Crippen molar-refractivity contribution in [1.29, 1.82) is 0 Å². The molecule has 0 N–H and O–H groups in total. The molecule has 148 valence electrons. The van der Waals surface area contributed by atoms with Gasteiger partial charge in [-0.2, -0.15) is 0 Å². The summed E-state index contributed by atoms with van der Waals surface area (Å²) in [6, 6.07) is 9.47. The van der Waals surface area contributed by atoms with Gasteiger partial charge in [0, 0.05) is 37.4 Å². The molecular formula is C21H24F2N4O. The Bertz CT molecular complexity index is 935. The van der Waals surface area contributed by atoms with E-state index < -0.39 is 6.43 Å². The quantitative estimate of drug-likeness (QED) is 0.641. The fourth-order valence-corrected chi connectivity index (χ4v) is 3.79. The van der Waals surface area contributed by atoms with E-state index in [0.717, 1.165) is 60.6 Å². The number of fused-ring (bicyclic) bond motifs is 1. The van der Waals surface area contributed by atoms with Gasteiger partial charge in [0.15, 0.2) is 0 Å². The maximum atomic E-state index is 12.7. The molecule has 4 rings (SSSR count). The van der Waals surface area contributed by atoms with Crippen molar-refractivity contribution < 1.29 is 13.5 Å². The summed E-state index contributed by atoms with van der Waals surface area (Å²) < 4.78 is 33.3. The van der Waals surface area contributed by atoms with Crippen molar-refractivity contribution in [2.24, 2.45) is 0 Å². The highest BCUT2D eigenvalue weighted by molar-refractivity contribution is 5.86. The molecule has 1 saturated heterocycles. The van der Waals surface area contributed by atoms with Crippen LogP contribution in [0.4, 0.5) is 8.78 Å².